The van der Waals surface area contributed by atoms with Crippen LogP contribution in [0.5, 0.6) is 0 Å². The molecule has 1 amide bonds. The fraction of sp³-hybridized carbons (Fsp3) is 0.600. The van der Waals surface area contributed by atoms with Crippen LogP contribution < -0.4 is 0 Å². The van der Waals surface area contributed by atoms with Gasteiger partial charge in [0.25, 0.3) is 5.91 Å². The predicted molar refractivity (Wildman–Crippen MR) is 88.6 cm³/mol. The van der Waals surface area contributed by atoms with E-state index in [1.165, 1.54) is 15.3 Å². The lowest BCUT2D eigenvalue weighted by Crippen LogP contribution is -2.37. The van der Waals surface area contributed by atoms with E-state index in [0.717, 1.165) is 30.6 Å². The maximum absolute atomic E-state index is 12.8. The highest BCUT2D eigenvalue weighted by atomic mass is 32.2. The van der Waals surface area contributed by atoms with E-state index in [-0.39, 0.29) is 28.1 Å². The van der Waals surface area contributed by atoms with Crippen molar-refractivity contribution in [3.8, 4) is 0 Å². The van der Waals surface area contributed by atoms with Crippen molar-refractivity contribution in [3.63, 3.8) is 0 Å². The molecule has 132 valence electrons. The SMILES string of the molecule is O=C(O)CC1CCCN1C(=O)c1sccc1S(=O)(=O)N1CCCC1. The van der Waals surface area contributed by atoms with Gasteiger partial charge in [0.15, 0.2) is 0 Å². The van der Waals surface area contributed by atoms with Gasteiger partial charge in [-0.15, -0.1) is 11.3 Å². The number of hydrogen-bond donors (Lipinski definition) is 1. The Labute approximate surface area is 144 Å². The summed E-state index contributed by atoms with van der Waals surface area (Å²) in [5.41, 5.74) is 0. The minimum absolute atomic E-state index is 0.0559. The average molecular weight is 372 g/mol. The molecule has 2 aliphatic heterocycles. The Kier molecular flexibility index (Phi) is 4.93. The van der Waals surface area contributed by atoms with Gasteiger partial charge in [-0.05, 0) is 37.1 Å². The van der Waals surface area contributed by atoms with Gasteiger partial charge in [0, 0.05) is 25.7 Å². The highest BCUT2D eigenvalue weighted by Gasteiger charge is 2.36. The molecule has 2 saturated heterocycles. The Hall–Kier alpha value is -1.45. The van der Waals surface area contributed by atoms with Crippen LogP contribution in [0.15, 0.2) is 16.3 Å². The standard InChI is InChI=1S/C15H20N2O5S2/c18-13(19)10-11-4-3-8-17(11)15(20)14-12(5-9-23-14)24(21,22)16-6-1-2-7-16/h5,9,11H,1-4,6-8,10H2,(H,18,19). The summed E-state index contributed by atoms with van der Waals surface area (Å²) in [6, 6.07) is 1.12. The van der Waals surface area contributed by atoms with Gasteiger partial charge >= 0.3 is 5.97 Å². The Morgan fingerprint density at radius 2 is 1.92 bits per heavy atom. The number of aliphatic carboxylic acids is 1. The van der Waals surface area contributed by atoms with Crippen LogP contribution in [0.3, 0.4) is 0 Å². The molecule has 0 saturated carbocycles. The molecule has 0 bridgehead atoms. The second kappa shape index (κ2) is 6.81. The van der Waals surface area contributed by atoms with Crippen LogP contribution in [0.1, 0.15) is 41.8 Å². The van der Waals surface area contributed by atoms with Crippen molar-refractivity contribution in [2.24, 2.45) is 0 Å². The molecule has 1 aromatic rings. The van der Waals surface area contributed by atoms with Crippen LogP contribution in [0.4, 0.5) is 0 Å². The topological polar surface area (TPSA) is 95.0 Å². The zero-order valence-electron chi connectivity index (χ0n) is 13.2. The van der Waals surface area contributed by atoms with Crippen molar-refractivity contribution in [1.82, 2.24) is 9.21 Å². The van der Waals surface area contributed by atoms with Crippen molar-refractivity contribution in [1.29, 1.82) is 0 Å². The van der Waals surface area contributed by atoms with Gasteiger partial charge < -0.3 is 10.0 Å². The molecule has 9 heteroatoms. The van der Waals surface area contributed by atoms with E-state index in [4.69, 9.17) is 5.11 Å². The number of rotatable bonds is 5. The second-order valence-electron chi connectivity index (χ2n) is 6.12. The van der Waals surface area contributed by atoms with Gasteiger partial charge in [-0.3, -0.25) is 9.59 Å². The van der Waals surface area contributed by atoms with Gasteiger partial charge in [-0.2, -0.15) is 4.31 Å². The Bertz CT molecular complexity index is 737. The third-order valence-electron chi connectivity index (χ3n) is 4.55. The van der Waals surface area contributed by atoms with Crippen LogP contribution in [0.25, 0.3) is 0 Å². The zero-order valence-corrected chi connectivity index (χ0v) is 14.8. The number of sulfonamides is 1. The molecule has 0 spiro atoms. The first-order chi connectivity index (χ1) is 11.4. The quantitative estimate of drug-likeness (QED) is 0.847. The van der Waals surface area contributed by atoms with Crippen LogP contribution in [-0.4, -0.2) is 60.3 Å². The number of thiophene rings is 1. The predicted octanol–water partition coefficient (Wildman–Crippen LogP) is 1.61. The molecule has 3 rings (SSSR count). The maximum Gasteiger partial charge on any atom is 0.305 e. The largest absolute Gasteiger partial charge is 0.481 e. The lowest BCUT2D eigenvalue weighted by atomic mass is 10.1. The molecule has 2 fully saturated rings. The monoisotopic (exact) mass is 372 g/mol. The summed E-state index contributed by atoms with van der Waals surface area (Å²) in [7, 11) is -3.66. The van der Waals surface area contributed by atoms with Crippen molar-refractivity contribution in [2.75, 3.05) is 19.6 Å². The number of hydrogen-bond acceptors (Lipinski definition) is 5. The van der Waals surface area contributed by atoms with E-state index in [1.807, 2.05) is 0 Å². The minimum Gasteiger partial charge on any atom is -0.481 e. The van der Waals surface area contributed by atoms with Crippen LogP contribution in [0.2, 0.25) is 0 Å². The zero-order chi connectivity index (χ0) is 17.3. The molecule has 1 N–H and O–H groups in total. The highest BCUT2D eigenvalue weighted by molar-refractivity contribution is 7.89. The van der Waals surface area contributed by atoms with Crippen molar-refractivity contribution < 1.29 is 23.1 Å². The Morgan fingerprint density at radius 1 is 1.21 bits per heavy atom. The minimum atomic E-state index is -3.66. The maximum atomic E-state index is 12.8. The average Bonchev–Trinajstić information content (AvgIpc) is 3.27. The fourth-order valence-corrected chi connectivity index (χ4v) is 6.24. The third-order valence-corrected chi connectivity index (χ3v) is 7.53. The van der Waals surface area contributed by atoms with Gasteiger partial charge in [-0.25, -0.2) is 8.42 Å². The molecule has 2 aliphatic rings. The number of carbonyl (C=O) groups is 2. The summed E-state index contributed by atoms with van der Waals surface area (Å²) in [5, 5.41) is 10.6. The molecule has 0 radical (unpaired) electrons. The van der Waals surface area contributed by atoms with Crippen molar-refractivity contribution in [2.45, 2.75) is 43.0 Å². The van der Waals surface area contributed by atoms with E-state index in [1.54, 1.807) is 5.38 Å². The Morgan fingerprint density at radius 3 is 2.58 bits per heavy atom. The summed E-state index contributed by atoms with van der Waals surface area (Å²) in [4.78, 5) is 25.6. The lowest BCUT2D eigenvalue weighted by molar-refractivity contribution is -0.137. The molecule has 0 aromatic carbocycles. The van der Waals surface area contributed by atoms with Gasteiger partial charge in [-0.1, -0.05) is 0 Å². The summed E-state index contributed by atoms with van der Waals surface area (Å²) >= 11 is 1.11. The number of carboxylic acid groups (broad SMARTS) is 1. The molecule has 1 atom stereocenters. The first kappa shape index (κ1) is 17.4. The Balaban J connectivity index is 1.87. The second-order valence-corrected chi connectivity index (χ2v) is 8.94. The van der Waals surface area contributed by atoms with E-state index in [9.17, 15) is 18.0 Å². The fourth-order valence-electron chi connectivity index (χ4n) is 3.37. The first-order valence-electron chi connectivity index (χ1n) is 8.01. The molecule has 1 unspecified atom stereocenters. The van der Waals surface area contributed by atoms with Gasteiger partial charge in [0.05, 0.1) is 6.42 Å². The van der Waals surface area contributed by atoms with Gasteiger partial charge in [0.2, 0.25) is 10.0 Å². The van der Waals surface area contributed by atoms with Crippen LogP contribution in [-0.2, 0) is 14.8 Å². The number of nitrogens with zero attached hydrogens (tertiary/aromatic N) is 2. The molecule has 1 aromatic heterocycles. The molecular formula is C15H20N2O5S2. The van der Waals surface area contributed by atoms with Crippen molar-refractivity contribution >= 4 is 33.2 Å². The third kappa shape index (κ3) is 3.20. The number of carbonyl (C=O) groups excluding carboxylic acids is 1. The summed E-state index contributed by atoms with van der Waals surface area (Å²) < 4.78 is 26.9. The molecule has 0 aliphatic carbocycles. The lowest BCUT2D eigenvalue weighted by Gasteiger charge is -2.24. The molecule has 7 nitrogen and oxygen atoms in total. The van der Waals surface area contributed by atoms with Crippen LogP contribution >= 0.6 is 11.3 Å². The van der Waals surface area contributed by atoms with E-state index in [2.05, 4.69) is 0 Å². The van der Waals surface area contributed by atoms with Crippen molar-refractivity contribution in [3.05, 3.63) is 16.3 Å². The highest BCUT2D eigenvalue weighted by Crippen LogP contribution is 2.31. The van der Waals surface area contributed by atoms with Gasteiger partial charge in [0.1, 0.15) is 9.77 Å². The smallest absolute Gasteiger partial charge is 0.305 e. The summed E-state index contributed by atoms with van der Waals surface area (Å²) in [6.45, 7) is 1.44. The van der Waals surface area contributed by atoms with Crippen LogP contribution in [0, 0.1) is 0 Å². The molecular weight excluding hydrogens is 352 g/mol. The number of amides is 1. The molecule has 24 heavy (non-hydrogen) atoms. The number of likely N-dealkylation sites (tertiary alicyclic amines) is 1. The van der Waals surface area contributed by atoms with E-state index >= 15 is 0 Å². The first-order valence-corrected chi connectivity index (χ1v) is 10.3. The summed E-state index contributed by atoms with van der Waals surface area (Å²) in [5.74, 6) is -1.32. The van der Waals surface area contributed by atoms with E-state index < -0.39 is 16.0 Å². The summed E-state index contributed by atoms with van der Waals surface area (Å²) in [6.07, 6.45) is 2.94. The number of carboxylic acids is 1. The molecule has 3 heterocycles. The van der Waals surface area contributed by atoms with E-state index in [0.29, 0.717) is 26.1 Å². The normalized spacial score (nSPS) is 22.2.